The average Bonchev–Trinajstić information content (AvgIpc) is 1.85. The summed E-state index contributed by atoms with van der Waals surface area (Å²) in [7, 11) is 0. The van der Waals surface area contributed by atoms with E-state index in [0.717, 1.165) is 0 Å². The van der Waals surface area contributed by atoms with Gasteiger partial charge in [-0.3, -0.25) is 0 Å². The first-order valence-corrected chi connectivity index (χ1v) is 3.19. The van der Waals surface area contributed by atoms with Crippen LogP contribution in [0.25, 0.3) is 0 Å². The maximum Gasteiger partial charge on any atom is 0.210 e. The topological polar surface area (TPSA) is 81.5 Å². The van der Waals surface area contributed by atoms with Crippen LogP contribution in [0, 0.1) is 0 Å². The Bertz CT molecular complexity index is 254. The van der Waals surface area contributed by atoms with E-state index in [9.17, 15) is 0 Å². The van der Waals surface area contributed by atoms with Gasteiger partial charge in [0.1, 0.15) is 0 Å². The Morgan fingerprint density at radius 2 is 1.73 bits per heavy atom. The van der Waals surface area contributed by atoms with Gasteiger partial charge in [0.05, 0.1) is 11.4 Å². The van der Waals surface area contributed by atoms with Crippen LogP contribution < -0.4 is 16.4 Å². The molecule has 0 bridgehead atoms. The summed E-state index contributed by atoms with van der Waals surface area (Å²) in [6, 6.07) is 2.87. The zero-order valence-corrected chi connectivity index (χ0v) is 6.30. The second-order valence-electron chi connectivity index (χ2n) is 2.00. The molecule has 1 rings (SSSR count). The van der Waals surface area contributed by atoms with E-state index in [4.69, 9.17) is 28.3 Å². The Morgan fingerprint density at radius 1 is 1.27 bits per heavy atom. The van der Waals surface area contributed by atoms with Crippen molar-refractivity contribution < 1.29 is 10.1 Å². The molecule has 0 amide bonds. The smallest absolute Gasteiger partial charge is 0.210 e. The average molecular weight is 175 g/mol. The molecule has 1 aromatic carbocycles. The monoisotopic (exact) mass is 174 g/mol. The fourth-order valence-electron chi connectivity index (χ4n) is 0.742. The molecule has 0 spiro atoms. The maximum atomic E-state index is 8.29. The van der Waals surface area contributed by atoms with Gasteiger partial charge in [0.2, 0.25) is 5.75 Å². The molecule has 0 aliphatic carbocycles. The van der Waals surface area contributed by atoms with Crippen LogP contribution in [-0.2, 0) is 0 Å². The summed E-state index contributed by atoms with van der Waals surface area (Å²) in [5.74, 6) is 0.0365. The minimum absolute atomic E-state index is 0.0365. The molecule has 0 heterocycles. The molecule has 0 aromatic heterocycles. The third-order valence-electron chi connectivity index (χ3n) is 1.20. The summed E-state index contributed by atoms with van der Waals surface area (Å²) in [4.78, 5) is 3.92. The third-order valence-corrected chi connectivity index (χ3v) is 1.42. The molecule has 4 nitrogen and oxygen atoms in total. The molecule has 0 aliphatic heterocycles. The molecule has 5 N–H and O–H groups in total. The minimum Gasteiger partial charge on any atom is -0.395 e. The Hall–Kier alpha value is -1.13. The highest BCUT2D eigenvalue weighted by Gasteiger charge is 2.06. The lowest BCUT2D eigenvalue weighted by Gasteiger charge is -2.04. The van der Waals surface area contributed by atoms with Gasteiger partial charge in [-0.25, -0.2) is 5.26 Å². The fourth-order valence-corrected chi connectivity index (χ4v) is 0.977. The van der Waals surface area contributed by atoms with Crippen LogP contribution in [-0.4, -0.2) is 5.26 Å². The van der Waals surface area contributed by atoms with E-state index in [1.165, 1.54) is 12.1 Å². The van der Waals surface area contributed by atoms with Crippen LogP contribution in [0.1, 0.15) is 0 Å². The normalized spacial score (nSPS) is 9.64. The van der Waals surface area contributed by atoms with Gasteiger partial charge in [0, 0.05) is 5.02 Å². The van der Waals surface area contributed by atoms with Gasteiger partial charge < -0.3 is 16.4 Å². The lowest BCUT2D eigenvalue weighted by Crippen LogP contribution is -1.97. The van der Waals surface area contributed by atoms with Gasteiger partial charge >= 0.3 is 0 Å². The van der Waals surface area contributed by atoms with Crippen LogP contribution in [0.5, 0.6) is 5.75 Å². The van der Waals surface area contributed by atoms with E-state index in [0.29, 0.717) is 5.02 Å². The Balaban J connectivity index is 3.25. The molecule has 0 fully saturated rings. The van der Waals surface area contributed by atoms with Crippen molar-refractivity contribution in [3.63, 3.8) is 0 Å². The van der Waals surface area contributed by atoms with E-state index in [1.54, 1.807) is 0 Å². The summed E-state index contributed by atoms with van der Waals surface area (Å²) >= 11 is 5.58. The molecular formula is C6H7ClN2O2. The second-order valence-corrected chi connectivity index (χ2v) is 2.44. The first kappa shape index (κ1) is 7.97. The van der Waals surface area contributed by atoms with Gasteiger partial charge in [-0.05, 0) is 12.1 Å². The van der Waals surface area contributed by atoms with Gasteiger partial charge in [0.25, 0.3) is 0 Å². The molecule has 5 heteroatoms. The van der Waals surface area contributed by atoms with Crippen molar-refractivity contribution in [2.75, 3.05) is 11.5 Å². The zero-order valence-electron chi connectivity index (χ0n) is 5.54. The molecule has 0 aliphatic rings. The lowest BCUT2D eigenvalue weighted by atomic mass is 10.2. The summed E-state index contributed by atoms with van der Waals surface area (Å²) in [6.45, 7) is 0. The van der Waals surface area contributed by atoms with Crippen LogP contribution in [0.2, 0.25) is 5.02 Å². The van der Waals surface area contributed by atoms with E-state index in [-0.39, 0.29) is 17.1 Å². The SMILES string of the molecule is Nc1cc(Cl)cc(N)c1OO. The van der Waals surface area contributed by atoms with E-state index >= 15 is 0 Å². The van der Waals surface area contributed by atoms with Crippen molar-refractivity contribution in [1.82, 2.24) is 0 Å². The van der Waals surface area contributed by atoms with Crippen LogP contribution in [0.3, 0.4) is 0 Å². The number of anilines is 2. The number of benzene rings is 1. The fraction of sp³-hybridized carbons (Fsp3) is 0. The highest BCUT2D eigenvalue weighted by molar-refractivity contribution is 6.31. The second kappa shape index (κ2) is 2.86. The Morgan fingerprint density at radius 3 is 2.09 bits per heavy atom. The highest BCUT2D eigenvalue weighted by atomic mass is 35.5. The zero-order chi connectivity index (χ0) is 8.43. The van der Waals surface area contributed by atoms with Crippen LogP contribution in [0.15, 0.2) is 12.1 Å². The number of hydrogen-bond acceptors (Lipinski definition) is 4. The highest BCUT2D eigenvalue weighted by Crippen LogP contribution is 2.31. The van der Waals surface area contributed by atoms with Crippen molar-refractivity contribution in [2.24, 2.45) is 0 Å². The molecule has 60 valence electrons. The van der Waals surface area contributed by atoms with Crippen molar-refractivity contribution in [3.8, 4) is 5.75 Å². The number of nitrogen functional groups attached to an aromatic ring is 2. The first-order valence-electron chi connectivity index (χ1n) is 2.81. The van der Waals surface area contributed by atoms with Gasteiger partial charge in [-0.15, -0.1) is 0 Å². The van der Waals surface area contributed by atoms with Crippen molar-refractivity contribution >= 4 is 23.0 Å². The quantitative estimate of drug-likeness (QED) is 0.341. The predicted molar refractivity (Wildman–Crippen MR) is 43.5 cm³/mol. The van der Waals surface area contributed by atoms with E-state index in [1.807, 2.05) is 0 Å². The first-order chi connectivity index (χ1) is 5.15. The van der Waals surface area contributed by atoms with Crippen molar-refractivity contribution in [3.05, 3.63) is 17.2 Å². The number of nitrogens with two attached hydrogens (primary N) is 2. The van der Waals surface area contributed by atoms with Crippen LogP contribution >= 0.6 is 11.6 Å². The van der Waals surface area contributed by atoms with Crippen LogP contribution in [0.4, 0.5) is 11.4 Å². The van der Waals surface area contributed by atoms with E-state index in [2.05, 4.69) is 4.89 Å². The molecule has 0 atom stereocenters. The largest absolute Gasteiger partial charge is 0.395 e. The van der Waals surface area contributed by atoms with Gasteiger partial charge in [-0.2, -0.15) is 0 Å². The molecule has 0 radical (unpaired) electrons. The number of halogens is 1. The molecular weight excluding hydrogens is 168 g/mol. The summed E-state index contributed by atoms with van der Waals surface area (Å²) < 4.78 is 0. The third kappa shape index (κ3) is 1.47. The minimum atomic E-state index is 0.0365. The molecule has 11 heavy (non-hydrogen) atoms. The van der Waals surface area contributed by atoms with Gasteiger partial charge in [0.15, 0.2) is 0 Å². The van der Waals surface area contributed by atoms with E-state index < -0.39 is 0 Å². The maximum absolute atomic E-state index is 8.29. The Kier molecular flexibility index (Phi) is 2.07. The molecule has 0 unspecified atom stereocenters. The standard InChI is InChI=1S/C6H7ClN2O2/c7-3-1-4(8)6(11-10)5(9)2-3/h1-2,10H,8-9H2. The summed E-state index contributed by atoms with van der Waals surface area (Å²) in [5, 5.41) is 8.69. The molecule has 0 saturated heterocycles. The van der Waals surface area contributed by atoms with Gasteiger partial charge in [-0.1, -0.05) is 11.6 Å². The molecule has 1 aromatic rings. The number of hydrogen-bond donors (Lipinski definition) is 3. The summed E-state index contributed by atoms with van der Waals surface area (Å²) in [6.07, 6.45) is 0. The predicted octanol–water partition coefficient (Wildman–Crippen LogP) is 1.36. The Labute approximate surface area is 68.3 Å². The summed E-state index contributed by atoms with van der Waals surface area (Å²) in [5.41, 5.74) is 11.2. The van der Waals surface area contributed by atoms with Crippen molar-refractivity contribution in [2.45, 2.75) is 0 Å². The number of rotatable bonds is 1. The molecule has 0 saturated carbocycles. The lowest BCUT2D eigenvalue weighted by molar-refractivity contribution is -0.136. The van der Waals surface area contributed by atoms with Crippen molar-refractivity contribution in [1.29, 1.82) is 0 Å².